The van der Waals surface area contributed by atoms with Crippen LogP contribution in [0, 0.1) is 0 Å². The molecule has 1 aliphatic carbocycles. The van der Waals surface area contributed by atoms with Crippen molar-refractivity contribution in [1.29, 1.82) is 0 Å². The molecule has 3 N–H and O–H groups in total. The summed E-state index contributed by atoms with van der Waals surface area (Å²) >= 11 is 0. The number of fused-ring (bicyclic) bond motifs is 1. The zero-order valence-corrected chi connectivity index (χ0v) is 13.5. The van der Waals surface area contributed by atoms with Crippen LogP contribution in [0.2, 0.25) is 0 Å². The first-order valence-electron chi connectivity index (χ1n) is 7.80. The Balaban J connectivity index is 1.82. The molecule has 0 amide bonds. The molecule has 0 spiro atoms. The molecule has 0 saturated heterocycles. The normalized spacial score (nSPS) is 15.0. The number of carboxylic acids is 1. The van der Waals surface area contributed by atoms with Gasteiger partial charge in [0.15, 0.2) is 0 Å². The smallest absolute Gasteiger partial charge is 0.335 e. The van der Waals surface area contributed by atoms with E-state index in [1.165, 1.54) is 21.7 Å². The third-order valence-corrected chi connectivity index (χ3v) is 4.28. The summed E-state index contributed by atoms with van der Waals surface area (Å²) in [4.78, 5) is 11.1. The minimum Gasteiger partial charge on any atom is -0.496 e. The number of hydrogen-bond acceptors (Lipinski definition) is 4. The summed E-state index contributed by atoms with van der Waals surface area (Å²) in [6.45, 7) is 0. The molecule has 2 aromatic rings. The van der Waals surface area contributed by atoms with E-state index < -0.39 is 5.97 Å². The van der Waals surface area contributed by atoms with Gasteiger partial charge in [-0.1, -0.05) is 18.2 Å². The van der Waals surface area contributed by atoms with Crippen LogP contribution in [-0.2, 0) is 12.8 Å². The fourth-order valence-electron chi connectivity index (χ4n) is 3.05. The number of rotatable bonds is 4. The van der Waals surface area contributed by atoms with E-state index in [9.17, 15) is 4.79 Å². The van der Waals surface area contributed by atoms with Crippen LogP contribution in [0.15, 0.2) is 54.2 Å². The van der Waals surface area contributed by atoms with Gasteiger partial charge >= 0.3 is 5.97 Å². The van der Waals surface area contributed by atoms with Crippen molar-refractivity contribution in [2.75, 3.05) is 12.1 Å². The first-order chi connectivity index (χ1) is 11.6. The third-order valence-electron chi connectivity index (χ3n) is 4.28. The minimum absolute atomic E-state index is 0.222. The highest BCUT2D eigenvalue weighted by molar-refractivity contribution is 5.88. The second kappa shape index (κ2) is 6.76. The van der Waals surface area contributed by atoms with Crippen molar-refractivity contribution in [3.05, 3.63) is 70.9 Å². The van der Waals surface area contributed by atoms with Crippen LogP contribution in [0.1, 0.15) is 27.9 Å². The lowest BCUT2D eigenvalue weighted by atomic mass is 9.88. The van der Waals surface area contributed by atoms with Gasteiger partial charge in [0.05, 0.1) is 18.4 Å². The number of benzene rings is 2. The van der Waals surface area contributed by atoms with Gasteiger partial charge in [-0.3, -0.25) is 5.01 Å². The van der Waals surface area contributed by atoms with Crippen LogP contribution in [0.5, 0.6) is 5.75 Å². The second-order valence-corrected chi connectivity index (χ2v) is 5.82. The van der Waals surface area contributed by atoms with Crippen LogP contribution in [0.3, 0.4) is 0 Å². The van der Waals surface area contributed by atoms with E-state index in [0.29, 0.717) is 5.69 Å². The number of anilines is 1. The summed E-state index contributed by atoms with van der Waals surface area (Å²) in [6, 6.07) is 12.7. The number of hydrogen-bond donors (Lipinski definition) is 2. The molecule has 24 heavy (non-hydrogen) atoms. The Morgan fingerprint density at radius 3 is 2.79 bits per heavy atom. The lowest BCUT2D eigenvalue weighted by molar-refractivity contribution is 0.0697. The monoisotopic (exact) mass is 324 g/mol. The zero-order chi connectivity index (χ0) is 17.1. The Labute approximate surface area is 140 Å². The van der Waals surface area contributed by atoms with E-state index >= 15 is 0 Å². The van der Waals surface area contributed by atoms with E-state index in [4.69, 9.17) is 15.7 Å². The number of carboxylic acid groups (broad SMARTS) is 1. The molecule has 0 bridgehead atoms. The maximum atomic E-state index is 11.1. The van der Waals surface area contributed by atoms with Gasteiger partial charge in [0.25, 0.3) is 0 Å². The van der Waals surface area contributed by atoms with Crippen LogP contribution in [0.4, 0.5) is 5.69 Å². The Kier molecular flexibility index (Phi) is 4.53. The van der Waals surface area contributed by atoms with Crippen LogP contribution >= 0.6 is 0 Å². The van der Waals surface area contributed by atoms with Crippen LogP contribution in [0.25, 0.3) is 0 Å². The van der Waals surface area contributed by atoms with Gasteiger partial charge in [-0.2, -0.15) is 0 Å². The van der Waals surface area contributed by atoms with Crippen molar-refractivity contribution in [1.82, 2.24) is 0 Å². The summed E-state index contributed by atoms with van der Waals surface area (Å²) in [6.07, 6.45) is 4.52. The van der Waals surface area contributed by atoms with Crippen molar-refractivity contribution in [3.63, 3.8) is 0 Å². The molecule has 0 atom stereocenters. The summed E-state index contributed by atoms with van der Waals surface area (Å²) in [5, 5.41) is 10.6. The van der Waals surface area contributed by atoms with E-state index in [0.717, 1.165) is 25.0 Å². The Morgan fingerprint density at radius 2 is 2.04 bits per heavy atom. The molecule has 5 heteroatoms. The number of ether oxygens (including phenoxy) is 1. The van der Waals surface area contributed by atoms with Gasteiger partial charge in [0.2, 0.25) is 0 Å². The molecule has 0 aromatic heterocycles. The average Bonchev–Trinajstić information content (AvgIpc) is 2.61. The predicted octanol–water partition coefficient (Wildman–Crippen LogP) is 3.15. The molecule has 0 unspecified atom stereocenters. The summed E-state index contributed by atoms with van der Waals surface area (Å²) in [5.41, 5.74) is 4.59. The highest BCUT2D eigenvalue weighted by atomic mass is 16.5. The largest absolute Gasteiger partial charge is 0.496 e. The number of nitrogens with zero attached hydrogens (tertiary/aromatic N) is 1. The first-order valence-corrected chi connectivity index (χ1v) is 7.80. The van der Waals surface area contributed by atoms with Gasteiger partial charge < -0.3 is 9.84 Å². The van der Waals surface area contributed by atoms with E-state index in [1.807, 2.05) is 18.3 Å². The quantitative estimate of drug-likeness (QED) is 0.667. The van der Waals surface area contributed by atoms with Gasteiger partial charge in [0.1, 0.15) is 5.75 Å². The summed E-state index contributed by atoms with van der Waals surface area (Å²) in [7, 11) is 1.69. The molecular weight excluding hydrogens is 304 g/mol. The topological polar surface area (TPSA) is 75.8 Å². The number of nitrogens with two attached hydrogens (primary N) is 1. The van der Waals surface area contributed by atoms with Crippen molar-refractivity contribution in [3.8, 4) is 5.75 Å². The molecule has 0 radical (unpaired) electrons. The number of hydrazine groups is 1. The molecule has 2 aromatic carbocycles. The van der Waals surface area contributed by atoms with Crippen LogP contribution in [-0.4, -0.2) is 18.2 Å². The SMILES string of the molecule is COc1cccc2c1CC/C(=C/N(N)c1cccc(C(=O)O)c1)C2. The molecule has 0 aliphatic heterocycles. The number of aromatic carboxylic acids is 1. The number of methoxy groups -OCH3 is 1. The lowest BCUT2D eigenvalue weighted by Crippen LogP contribution is -2.26. The third kappa shape index (κ3) is 3.26. The lowest BCUT2D eigenvalue weighted by Gasteiger charge is -2.23. The van der Waals surface area contributed by atoms with Crippen molar-refractivity contribution in [2.45, 2.75) is 19.3 Å². The highest BCUT2D eigenvalue weighted by Gasteiger charge is 2.17. The Bertz CT molecular complexity index is 799. The molecule has 124 valence electrons. The Morgan fingerprint density at radius 1 is 1.25 bits per heavy atom. The maximum Gasteiger partial charge on any atom is 0.335 e. The molecule has 1 aliphatic rings. The fraction of sp³-hybridized carbons (Fsp3) is 0.211. The number of carbonyl (C=O) groups is 1. The van der Waals surface area contributed by atoms with E-state index in [1.54, 1.807) is 31.4 Å². The Hall–Kier alpha value is -2.79. The average molecular weight is 324 g/mol. The fourth-order valence-corrected chi connectivity index (χ4v) is 3.05. The van der Waals surface area contributed by atoms with Gasteiger partial charge in [-0.15, -0.1) is 0 Å². The van der Waals surface area contributed by atoms with Gasteiger partial charge in [-0.25, -0.2) is 10.6 Å². The molecule has 0 heterocycles. The summed E-state index contributed by atoms with van der Waals surface area (Å²) in [5.74, 6) is 6.08. The van der Waals surface area contributed by atoms with Crippen molar-refractivity contribution < 1.29 is 14.6 Å². The highest BCUT2D eigenvalue weighted by Crippen LogP contribution is 2.32. The van der Waals surface area contributed by atoms with Crippen LogP contribution < -0.4 is 15.6 Å². The number of allylic oxidation sites excluding steroid dienone is 1. The van der Waals surface area contributed by atoms with Gasteiger partial charge in [-0.05, 0) is 60.2 Å². The van der Waals surface area contributed by atoms with E-state index in [-0.39, 0.29) is 5.56 Å². The first kappa shape index (κ1) is 16.1. The van der Waals surface area contributed by atoms with Crippen molar-refractivity contribution in [2.24, 2.45) is 5.84 Å². The maximum absolute atomic E-state index is 11.1. The molecule has 0 saturated carbocycles. The molecule has 5 nitrogen and oxygen atoms in total. The zero-order valence-electron chi connectivity index (χ0n) is 13.5. The molecule has 3 rings (SSSR count). The molecular formula is C19H20N2O3. The minimum atomic E-state index is -0.961. The van der Waals surface area contributed by atoms with Crippen molar-refractivity contribution >= 4 is 11.7 Å². The molecule has 0 fully saturated rings. The standard InChI is InChI=1S/C19H20N2O3/c1-24-18-7-3-4-14-10-13(8-9-17(14)18)12-21(20)16-6-2-5-15(11-16)19(22)23/h2-7,11-12H,8-10,20H2,1H3,(H,22,23)/b13-12-. The summed E-state index contributed by atoms with van der Waals surface area (Å²) < 4.78 is 5.42. The van der Waals surface area contributed by atoms with E-state index in [2.05, 4.69) is 6.07 Å². The predicted molar refractivity (Wildman–Crippen MR) is 93.2 cm³/mol. The second-order valence-electron chi connectivity index (χ2n) is 5.82. The van der Waals surface area contributed by atoms with Gasteiger partial charge in [0, 0.05) is 6.20 Å².